The van der Waals surface area contributed by atoms with E-state index in [1.54, 1.807) is 12.1 Å². The van der Waals surface area contributed by atoms with Gasteiger partial charge in [0.25, 0.3) is 5.91 Å². The summed E-state index contributed by atoms with van der Waals surface area (Å²) >= 11 is 0.689. The van der Waals surface area contributed by atoms with Gasteiger partial charge in [-0.3, -0.25) is 14.9 Å². The highest BCUT2D eigenvalue weighted by atomic mass is 32.1. The summed E-state index contributed by atoms with van der Waals surface area (Å²) in [5.74, 6) is -0.759. The molecule has 10 heteroatoms. The number of aryl methyl sites for hydroxylation is 1. The number of benzene rings is 1. The number of hydrogen-bond donors (Lipinski definition) is 0. The topological polar surface area (TPSA) is 115 Å². The Balaban J connectivity index is 1.49. The molecule has 1 aliphatic heterocycles. The van der Waals surface area contributed by atoms with Gasteiger partial charge in [0.2, 0.25) is 0 Å². The summed E-state index contributed by atoms with van der Waals surface area (Å²) in [6, 6.07) is 13.3. The number of esters is 1. The number of amides is 1. The highest BCUT2D eigenvalue weighted by Gasteiger charge is 2.35. The number of carbonyl (C=O) groups excluding carboxylic acids is 2. The van der Waals surface area contributed by atoms with Gasteiger partial charge in [-0.1, -0.05) is 41.2 Å². The Morgan fingerprint density at radius 2 is 2.03 bits per heavy atom. The third-order valence-electron chi connectivity index (χ3n) is 4.72. The largest absolute Gasteiger partial charge is 0.467 e. The second kappa shape index (κ2) is 8.52. The average Bonchev–Trinajstić information content (AvgIpc) is 3.52. The second-order valence-electron chi connectivity index (χ2n) is 6.86. The molecule has 0 unspecified atom stereocenters. The molecule has 1 aromatic carbocycles. The van der Waals surface area contributed by atoms with Crippen LogP contribution in [0.1, 0.15) is 39.0 Å². The molecule has 0 N–H and O–H groups in total. The van der Waals surface area contributed by atoms with Gasteiger partial charge in [0.05, 0.1) is 16.9 Å². The SMILES string of the molecule is Cc1ccc(C2=NN(C(=O)COC(=O)c3ccc([N+](=O)[O-])s3)[C@H](c3ccco3)C2)cc1. The summed E-state index contributed by atoms with van der Waals surface area (Å²) in [5, 5.41) is 16.3. The molecule has 31 heavy (non-hydrogen) atoms. The fourth-order valence-electron chi connectivity index (χ4n) is 3.16. The van der Waals surface area contributed by atoms with Gasteiger partial charge in [-0.15, -0.1) is 0 Å². The van der Waals surface area contributed by atoms with Crippen molar-refractivity contribution in [3.8, 4) is 0 Å². The molecule has 0 radical (unpaired) electrons. The van der Waals surface area contributed by atoms with Crippen molar-refractivity contribution in [3.05, 3.63) is 86.7 Å². The number of ether oxygens (including phenoxy) is 1. The zero-order chi connectivity index (χ0) is 22.0. The lowest BCUT2D eigenvalue weighted by atomic mass is 10.0. The first-order chi connectivity index (χ1) is 14.9. The average molecular weight is 439 g/mol. The monoisotopic (exact) mass is 439 g/mol. The van der Waals surface area contributed by atoms with E-state index in [1.807, 2.05) is 31.2 Å². The van der Waals surface area contributed by atoms with Gasteiger partial charge in [-0.05, 0) is 30.7 Å². The lowest BCUT2D eigenvalue weighted by molar-refractivity contribution is -0.380. The van der Waals surface area contributed by atoms with E-state index >= 15 is 0 Å². The summed E-state index contributed by atoms with van der Waals surface area (Å²) in [6.07, 6.45) is 1.97. The molecule has 0 saturated carbocycles. The number of nitro groups is 1. The maximum atomic E-state index is 12.8. The van der Waals surface area contributed by atoms with Crippen molar-refractivity contribution in [1.29, 1.82) is 0 Å². The number of hydrogen-bond acceptors (Lipinski definition) is 8. The van der Waals surface area contributed by atoms with Crippen LogP contribution in [0.3, 0.4) is 0 Å². The quantitative estimate of drug-likeness (QED) is 0.324. The summed E-state index contributed by atoms with van der Waals surface area (Å²) in [7, 11) is 0. The first kappa shape index (κ1) is 20.5. The molecular weight excluding hydrogens is 422 g/mol. The van der Waals surface area contributed by atoms with Crippen LogP contribution in [0.15, 0.2) is 64.3 Å². The first-order valence-corrected chi connectivity index (χ1v) is 10.2. The number of hydrazone groups is 1. The maximum Gasteiger partial charge on any atom is 0.349 e. The Labute approximate surface area is 180 Å². The number of nitrogens with zero attached hydrogens (tertiary/aromatic N) is 3. The first-order valence-electron chi connectivity index (χ1n) is 9.33. The third-order valence-corrected chi connectivity index (χ3v) is 5.74. The predicted molar refractivity (Wildman–Crippen MR) is 112 cm³/mol. The van der Waals surface area contributed by atoms with Crippen molar-refractivity contribution < 1.29 is 23.7 Å². The molecule has 1 atom stereocenters. The Morgan fingerprint density at radius 3 is 2.68 bits per heavy atom. The van der Waals surface area contributed by atoms with Gasteiger partial charge in [-0.25, -0.2) is 9.80 Å². The molecule has 4 rings (SSSR count). The standard InChI is InChI=1S/C21H17N3O6S/c1-13-4-6-14(7-5-13)15-11-16(17-3-2-10-29-17)23(22-15)19(25)12-30-21(26)18-8-9-20(31-18)24(27)28/h2-10,16H,11-12H2,1H3/t16-/m0/s1. The molecule has 0 aliphatic carbocycles. The molecular formula is C21H17N3O6S. The van der Waals surface area contributed by atoms with Crippen LogP contribution in [-0.4, -0.2) is 34.1 Å². The van der Waals surface area contributed by atoms with Crippen molar-refractivity contribution in [2.45, 2.75) is 19.4 Å². The summed E-state index contributed by atoms with van der Waals surface area (Å²) in [4.78, 5) is 35.2. The highest BCUT2D eigenvalue weighted by molar-refractivity contribution is 7.17. The Kier molecular flexibility index (Phi) is 5.63. The van der Waals surface area contributed by atoms with Gasteiger partial charge in [0, 0.05) is 12.5 Å². The molecule has 1 amide bonds. The minimum absolute atomic E-state index is 0.0485. The minimum Gasteiger partial charge on any atom is -0.467 e. The molecule has 1 aliphatic rings. The van der Waals surface area contributed by atoms with Crippen molar-refractivity contribution in [2.75, 3.05) is 6.61 Å². The molecule has 0 spiro atoms. The zero-order valence-corrected chi connectivity index (χ0v) is 17.2. The Morgan fingerprint density at radius 1 is 1.26 bits per heavy atom. The number of carbonyl (C=O) groups is 2. The lowest BCUT2D eigenvalue weighted by Crippen LogP contribution is -2.31. The smallest absolute Gasteiger partial charge is 0.349 e. The molecule has 9 nitrogen and oxygen atoms in total. The van der Waals surface area contributed by atoms with Crippen molar-refractivity contribution in [1.82, 2.24) is 5.01 Å². The van der Waals surface area contributed by atoms with Crippen LogP contribution in [0.25, 0.3) is 0 Å². The minimum atomic E-state index is -0.803. The van der Waals surface area contributed by atoms with E-state index in [0.29, 0.717) is 23.5 Å². The van der Waals surface area contributed by atoms with Crippen LogP contribution < -0.4 is 0 Å². The van der Waals surface area contributed by atoms with Gasteiger partial charge in [-0.2, -0.15) is 5.10 Å². The Bertz CT molecular complexity index is 1150. The van der Waals surface area contributed by atoms with E-state index < -0.39 is 29.4 Å². The highest BCUT2D eigenvalue weighted by Crippen LogP contribution is 2.33. The molecule has 3 aromatic rings. The number of rotatable bonds is 6. The summed E-state index contributed by atoms with van der Waals surface area (Å²) in [5.41, 5.74) is 2.72. The van der Waals surface area contributed by atoms with Crippen LogP contribution in [0.5, 0.6) is 0 Å². The summed E-state index contributed by atoms with van der Waals surface area (Å²) < 4.78 is 10.6. The second-order valence-corrected chi connectivity index (χ2v) is 7.92. The zero-order valence-electron chi connectivity index (χ0n) is 16.4. The van der Waals surface area contributed by atoms with Gasteiger partial charge in [0.1, 0.15) is 16.7 Å². The number of thiophene rings is 1. The lowest BCUT2D eigenvalue weighted by Gasteiger charge is -2.19. The van der Waals surface area contributed by atoms with E-state index in [4.69, 9.17) is 9.15 Å². The van der Waals surface area contributed by atoms with Crippen molar-refractivity contribution >= 4 is 33.9 Å². The van der Waals surface area contributed by atoms with Crippen molar-refractivity contribution in [3.63, 3.8) is 0 Å². The maximum absolute atomic E-state index is 12.8. The molecule has 0 saturated heterocycles. The molecule has 0 bridgehead atoms. The summed E-state index contributed by atoms with van der Waals surface area (Å²) in [6.45, 7) is 1.44. The van der Waals surface area contributed by atoms with Gasteiger partial charge >= 0.3 is 11.0 Å². The molecule has 2 aromatic heterocycles. The van der Waals surface area contributed by atoms with Crippen LogP contribution >= 0.6 is 11.3 Å². The van der Waals surface area contributed by atoms with Gasteiger partial charge < -0.3 is 9.15 Å². The fraction of sp³-hybridized carbons (Fsp3) is 0.190. The van der Waals surface area contributed by atoms with E-state index in [1.165, 1.54) is 23.4 Å². The normalized spacial score (nSPS) is 15.6. The van der Waals surface area contributed by atoms with Crippen LogP contribution in [-0.2, 0) is 9.53 Å². The molecule has 0 fully saturated rings. The Hall–Kier alpha value is -3.79. The molecule has 3 heterocycles. The van der Waals surface area contributed by atoms with E-state index in [-0.39, 0.29) is 9.88 Å². The van der Waals surface area contributed by atoms with Crippen molar-refractivity contribution in [2.24, 2.45) is 5.10 Å². The van der Waals surface area contributed by atoms with Crippen LogP contribution in [0, 0.1) is 17.0 Å². The van der Waals surface area contributed by atoms with Crippen LogP contribution in [0.4, 0.5) is 5.00 Å². The van der Waals surface area contributed by atoms with Crippen LogP contribution in [0.2, 0.25) is 0 Å². The van der Waals surface area contributed by atoms with Gasteiger partial charge in [0.15, 0.2) is 6.61 Å². The predicted octanol–water partition coefficient (Wildman–Crippen LogP) is 4.09. The number of furan rings is 1. The molecule has 158 valence electrons. The van der Waals surface area contributed by atoms with E-state index in [2.05, 4.69) is 5.10 Å². The van der Waals surface area contributed by atoms with E-state index in [0.717, 1.165) is 16.8 Å². The third kappa shape index (κ3) is 4.38. The fourth-order valence-corrected chi connectivity index (χ4v) is 3.88. The van der Waals surface area contributed by atoms with E-state index in [9.17, 15) is 19.7 Å².